The molecule has 0 spiro atoms. The lowest BCUT2D eigenvalue weighted by Gasteiger charge is -2.45. The summed E-state index contributed by atoms with van der Waals surface area (Å²) in [6, 6.07) is 87.8. The van der Waals surface area contributed by atoms with Crippen molar-refractivity contribution in [2.45, 2.75) is 40.0 Å². The molecule has 12 rings (SSSR count). The highest BCUT2D eigenvalue weighted by molar-refractivity contribution is 7.00. The summed E-state index contributed by atoms with van der Waals surface area (Å²) in [5.41, 5.74) is 24.9. The van der Waals surface area contributed by atoms with E-state index in [1.165, 1.54) is 66.7 Å². The third kappa shape index (κ3) is 7.57. The Morgan fingerprint density at radius 1 is 0.357 bits per heavy atom. The van der Waals surface area contributed by atoms with Gasteiger partial charge in [0.25, 0.3) is 6.71 Å². The maximum atomic E-state index is 2.58. The highest BCUT2D eigenvalue weighted by Crippen LogP contribution is 2.50. The Labute approximate surface area is 413 Å². The summed E-state index contributed by atoms with van der Waals surface area (Å²) in [7, 11) is 0. The van der Waals surface area contributed by atoms with Gasteiger partial charge in [-0.05, 0) is 136 Å². The molecule has 336 valence electrons. The van der Waals surface area contributed by atoms with E-state index in [4.69, 9.17) is 0 Å². The number of aryl methyl sites for hydroxylation is 2. The zero-order chi connectivity index (χ0) is 47.5. The van der Waals surface area contributed by atoms with Crippen molar-refractivity contribution in [1.82, 2.24) is 0 Å². The molecule has 4 heteroatoms. The predicted molar refractivity (Wildman–Crippen MR) is 300 cm³/mol. The molecule has 0 bridgehead atoms. The van der Waals surface area contributed by atoms with Crippen LogP contribution in [0.2, 0.25) is 0 Å². The fourth-order valence-corrected chi connectivity index (χ4v) is 10.8. The number of hydrogen-bond donors (Lipinski definition) is 0. The first kappa shape index (κ1) is 43.0. The van der Waals surface area contributed by atoms with Crippen molar-refractivity contribution in [3.8, 4) is 33.4 Å². The van der Waals surface area contributed by atoms with E-state index < -0.39 is 0 Å². The summed E-state index contributed by atoms with van der Waals surface area (Å²) in [5, 5.41) is 0. The van der Waals surface area contributed by atoms with Crippen molar-refractivity contribution in [3.63, 3.8) is 0 Å². The molecular formula is C66H54BN3. The predicted octanol–water partition coefficient (Wildman–Crippen LogP) is 16.2. The molecule has 10 aromatic carbocycles. The third-order valence-corrected chi connectivity index (χ3v) is 14.3. The summed E-state index contributed by atoms with van der Waals surface area (Å²) < 4.78 is 0. The Morgan fingerprint density at radius 2 is 0.857 bits per heavy atom. The molecule has 0 unspecified atom stereocenters. The van der Waals surface area contributed by atoms with Gasteiger partial charge in [-0.15, -0.1) is 0 Å². The molecule has 2 heterocycles. The maximum absolute atomic E-state index is 2.58. The van der Waals surface area contributed by atoms with Gasteiger partial charge in [-0.3, -0.25) is 0 Å². The van der Waals surface area contributed by atoms with Gasteiger partial charge in [0.05, 0.1) is 11.4 Å². The minimum Gasteiger partial charge on any atom is -0.311 e. The summed E-state index contributed by atoms with van der Waals surface area (Å²) in [5.74, 6) is 0. The minimum atomic E-state index is -0.0596. The Morgan fingerprint density at radius 3 is 1.47 bits per heavy atom. The van der Waals surface area contributed by atoms with Crippen molar-refractivity contribution >= 4 is 74.3 Å². The molecule has 0 aromatic heterocycles. The van der Waals surface area contributed by atoms with Crippen LogP contribution in [0.3, 0.4) is 0 Å². The van der Waals surface area contributed by atoms with Crippen LogP contribution < -0.4 is 31.1 Å². The molecule has 2 aliphatic heterocycles. The Balaban J connectivity index is 1.21. The first-order valence-corrected chi connectivity index (χ1v) is 24.5. The van der Waals surface area contributed by atoms with Crippen LogP contribution in [0.1, 0.15) is 37.5 Å². The van der Waals surface area contributed by atoms with E-state index in [0.717, 1.165) is 50.9 Å². The van der Waals surface area contributed by atoms with Gasteiger partial charge < -0.3 is 14.7 Å². The number of nitrogens with zero attached hydrogens (tertiary/aromatic N) is 3. The van der Waals surface area contributed by atoms with Crippen molar-refractivity contribution < 1.29 is 0 Å². The van der Waals surface area contributed by atoms with E-state index in [0.29, 0.717) is 0 Å². The summed E-state index contributed by atoms with van der Waals surface area (Å²) in [6.07, 6.45) is 0. The van der Waals surface area contributed by atoms with Crippen molar-refractivity contribution in [2.24, 2.45) is 0 Å². The average molecular weight is 900 g/mol. The van der Waals surface area contributed by atoms with Crippen molar-refractivity contribution in [1.29, 1.82) is 0 Å². The zero-order valence-corrected chi connectivity index (χ0v) is 40.4. The molecular weight excluding hydrogens is 846 g/mol. The first-order valence-electron chi connectivity index (χ1n) is 24.5. The molecule has 0 saturated heterocycles. The van der Waals surface area contributed by atoms with Crippen LogP contribution in [0.15, 0.2) is 237 Å². The first-order chi connectivity index (χ1) is 34.2. The lowest BCUT2D eigenvalue weighted by Crippen LogP contribution is -2.61. The van der Waals surface area contributed by atoms with E-state index in [1.54, 1.807) is 0 Å². The second kappa shape index (κ2) is 17.3. The van der Waals surface area contributed by atoms with Crippen LogP contribution in [0, 0.1) is 13.8 Å². The number of fused-ring (bicyclic) bond motifs is 4. The lowest BCUT2D eigenvalue weighted by molar-refractivity contribution is 0.591. The van der Waals surface area contributed by atoms with Crippen LogP contribution in [0.5, 0.6) is 0 Å². The summed E-state index contributed by atoms with van der Waals surface area (Å²) in [4.78, 5) is 7.59. The van der Waals surface area contributed by atoms with E-state index in [-0.39, 0.29) is 12.1 Å². The number of hydrogen-bond acceptors (Lipinski definition) is 3. The van der Waals surface area contributed by atoms with Crippen molar-refractivity contribution in [3.05, 3.63) is 253 Å². The number of para-hydroxylation sites is 1. The van der Waals surface area contributed by atoms with Gasteiger partial charge in [-0.1, -0.05) is 202 Å². The topological polar surface area (TPSA) is 9.72 Å². The fourth-order valence-electron chi connectivity index (χ4n) is 10.8. The molecule has 0 N–H and O–H groups in total. The second-order valence-corrected chi connectivity index (χ2v) is 20.0. The summed E-state index contributed by atoms with van der Waals surface area (Å²) >= 11 is 0. The maximum Gasteiger partial charge on any atom is 0.252 e. The second-order valence-electron chi connectivity index (χ2n) is 20.0. The van der Waals surface area contributed by atoms with Crippen molar-refractivity contribution in [2.75, 3.05) is 14.7 Å². The molecule has 0 saturated carbocycles. The number of rotatable bonds is 8. The zero-order valence-electron chi connectivity index (χ0n) is 40.4. The normalized spacial score (nSPS) is 12.6. The van der Waals surface area contributed by atoms with E-state index >= 15 is 0 Å². The molecule has 0 radical (unpaired) electrons. The van der Waals surface area contributed by atoms with E-state index in [2.05, 4.69) is 286 Å². The van der Waals surface area contributed by atoms with E-state index in [9.17, 15) is 0 Å². The van der Waals surface area contributed by atoms with Crippen LogP contribution in [-0.2, 0) is 5.41 Å². The lowest BCUT2D eigenvalue weighted by atomic mass is 9.33. The molecule has 0 amide bonds. The SMILES string of the molecule is Cc1ccc(N2c3ccc(C)cc3B3c4cc(C(C)(C)C)ccc4N(c4ccccc4-c4ccccc4)c4cc(N(c5cccc(-c6ccccc6)c5)c5cccc(-c6ccccc6)c5)cc2c43)cc1. The monoisotopic (exact) mass is 899 g/mol. The van der Waals surface area contributed by atoms with Gasteiger partial charge in [0, 0.05) is 45.4 Å². The quantitative estimate of drug-likeness (QED) is 0.141. The van der Waals surface area contributed by atoms with Gasteiger partial charge in [-0.2, -0.15) is 0 Å². The van der Waals surface area contributed by atoms with Gasteiger partial charge in [0.15, 0.2) is 0 Å². The van der Waals surface area contributed by atoms with Crippen LogP contribution in [-0.4, -0.2) is 6.71 Å². The molecule has 0 atom stereocenters. The van der Waals surface area contributed by atoms with E-state index in [1.807, 2.05) is 0 Å². The minimum absolute atomic E-state index is 0.0376. The van der Waals surface area contributed by atoms with Crippen LogP contribution in [0.25, 0.3) is 33.4 Å². The molecule has 2 aliphatic rings. The standard InChI is InChI=1S/C66H54BN3/c1-45-31-35-53(36-32-45)69-61-37-33-46(2)39-58(61)67-59-42-52(66(3,4)5)34-38-62(59)70(60-30-16-15-29-57(60)49-23-13-8-14-24-49)64-44-56(43-63(69)65(64)67)68(54-27-17-25-50(40-54)47-19-9-6-10-20-47)55-28-18-26-51(41-55)48-21-11-7-12-22-48/h6-44H,1-5H3. The molecule has 0 fully saturated rings. The van der Waals surface area contributed by atoms with Gasteiger partial charge >= 0.3 is 0 Å². The smallest absolute Gasteiger partial charge is 0.252 e. The Kier molecular flexibility index (Phi) is 10.6. The molecule has 0 aliphatic carbocycles. The van der Waals surface area contributed by atoms with Gasteiger partial charge in [0.2, 0.25) is 0 Å². The Hall–Kier alpha value is -8.34. The Bertz CT molecular complexity index is 3480. The number of anilines is 9. The molecule has 10 aromatic rings. The average Bonchev–Trinajstić information content (AvgIpc) is 3.40. The molecule has 3 nitrogen and oxygen atoms in total. The highest BCUT2D eigenvalue weighted by atomic mass is 15.2. The number of benzene rings is 10. The molecule has 70 heavy (non-hydrogen) atoms. The van der Waals surface area contributed by atoms with Gasteiger partial charge in [-0.25, -0.2) is 0 Å². The highest BCUT2D eigenvalue weighted by Gasteiger charge is 2.45. The summed E-state index contributed by atoms with van der Waals surface area (Å²) in [6.45, 7) is 11.4. The third-order valence-electron chi connectivity index (χ3n) is 14.3. The van der Waals surface area contributed by atoms with Gasteiger partial charge in [0.1, 0.15) is 0 Å². The largest absolute Gasteiger partial charge is 0.311 e. The fraction of sp³-hybridized carbons (Fsp3) is 0.0909. The van der Waals surface area contributed by atoms with Crippen LogP contribution >= 0.6 is 0 Å². The van der Waals surface area contributed by atoms with Crippen LogP contribution in [0.4, 0.5) is 51.2 Å².